The van der Waals surface area contributed by atoms with Crippen molar-refractivity contribution in [2.75, 3.05) is 7.11 Å². The molecule has 2 aliphatic heterocycles. The second-order valence-electron chi connectivity index (χ2n) is 11.3. The number of piperidine rings is 2. The fourth-order valence-corrected chi connectivity index (χ4v) is 8.03. The molecule has 182 valence electrons. The van der Waals surface area contributed by atoms with Gasteiger partial charge in [0.25, 0.3) is 5.56 Å². The van der Waals surface area contributed by atoms with Crippen molar-refractivity contribution in [2.24, 2.45) is 11.8 Å². The van der Waals surface area contributed by atoms with Gasteiger partial charge in [0, 0.05) is 24.2 Å². The molecule has 4 fully saturated rings. The van der Waals surface area contributed by atoms with Gasteiger partial charge in [-0.2, -0.15) is 0 Å². The van der Waals surface area contributed by atoms with Crippen molar-refractivity contribution in [2.45, 2.75) is 101 Å². The molecule has 0 N–H and O–H groups in total. The number of carbonyl (C=O) groups excluding carboxylic acids is 1. The molecule has 4 aliphatic rings. The molecule has 0 amide bonds. The van der Waals surface area contributed by atoms with Gasteiger partial charge in [0.2, 0.25) is 0 Å². The summed E-state index contributed by atoms with van der Waals surface area (Å²) < 4.78 is 6.83. The monoisotopic (exact) mass is 463 g/mol. The number of esters is 1. The van der Waals surface area contributed by atoms with Crippen molar-refractivity contribution < 1.29 is 9.53 Å². The molecule has 2 aromatic rings. The Morgan fingerprint density at radius 1 is 0.912 bits per heavy atom. The Hall–Kier alpha value is -2.21. The Bertz CT molecular complexity index is 1100. The first-order chi connectivity index (χ1) is 16.6. The lowest BCUT2D eigenvalue weighted by Gasteiger charge is -2.55. The van der Waals surface area contributed by atoms with Crippen LogP contribution in [0.3, 0.4) is 0 Å². The average molecular weight is 464 g/mol. The smallest absolute Gasteiger partial charge is 0.311 e. The summed E-state index contributed by atoms with van der Waals surface area (Å²) in [5.41, 5.74) is 1.87. The van der Waals surface area contributed by atoms with E-state index >= 15 is 0 Å². The lowest BCUT2D eigenvalue weighted by atomic mass is 9.68. The summed E-state index contributed by atoms with van der Waals surface area (Å²) in [6, 6.07) is 9.90. The van der Waals surface area contributed by atoms with Crippen LogP contribution in [0.25, 0.3) is 11.0 Å². The van der Waals surface area contributed by atoms with Crippen LogP contribution in [0, 0.1) is 11.8 Å². The molecule has 1 aromatic heterocycles. The normalized spacial score (nSPS) is 33.6. The number of benzene rings is 1. The maximum absolute atomic E-state index is 13.6. The quantitative estimate of drug-likeness (QED) is 0.618. The van der Waals surface area contributed by atoms with E-state index < -0.39 is 5.97 Å². The van der Waals surface area contributed by atoms with Crippen LogP contribution in [-0.4, -0.2) is 45.7 Å². The highest BCUT2D eigenvalue weighted by atomic mass is 16.5. The fourth-order valence-electron chi connectivity index (χ4n) is 8.03. The zero-order valence-corrected chi connectivity index (χ0v) is 20.3. The molecule has 2 aliphatic carbocycles. The van der Waals surface area contributed by atoms with Crippen LogP contribution >= 0.6 is 0 Å². The zero-order valence-electron chi connectivity index (χ0n) is 20.3. The molecule has 6 heteroatoms. The molecule has 0 spiro atoms. The molecule has 2 saturated carbocycles. The molecule has 4 bridgehead atoms. The fraction of sp³-hybridized carbons (Fsp3) is 0.679. The summed E-state index contributed by atoms with van der Waals surface area (Å²) in [5.74, 6) is 1.45. The van der Waals surface area contributed by atoms with Gasteiger partial charge < -0.3 is 9.30 Å². The average Bonchev–Trinajstić information content (AvgIpc) is 2.83. The van der Waals surface area contributed by atoms with Gasteiger partial charge in [0.05, 0.1) is 24.6 Å². The second kappa shape index (κ2) is 9.10. The Morgan fingerprint density at radius 2 is 1.59 bits per heavy atom. The third kappa shape index (κ3) is 3.98. The molecule has 1 aromatic carbocycles. The predicted octanol–water partition coefficient (Wildman–Crippen LogP) is 4.64. The maximum Gasteiger partial charge on any atom is 0.311 e. The molecule has 34 heavy (non-hydrogen) atoms. The summed E-state index contributed by atoms with van der Waals surface area (Å²) in [6.45, 7) is 0. The van der Waals surface area contributed by atoms with Gasteiger partial charge in [-0.1, -0.05) is 37.8 Å². The van der Waals surface area contributed by atoms with E-state index in [1.54, 1.807) is 0 Å². The Balaban J connectivity index is 1.33. The summed E-state index contributed by atoms with van der Waals surface area (Å²) in [4.78, 5) is 33.1. The highest BCUT2D eigenvalue weighted by Gasteiger charge is 2.45. The molecule has 2 saturated heterocycles. The van der Waals surface area contributed by atoms with Crippen molar-refractivity contribution in [1.29, 1.82) is 0 Å². The minimum Gasteiger partial charge on any atom is -0.469 e. The van der Waals surface area contributed by atoms with E-state index in [9.17, 15) is 9.59 Å². The first kappa shape index (κ1) is 22.3. The number of rotatable bonds is 4. The van der Waals surface area contributed by atoms with Gasteiger partial charge in [-0.05, 0) is 68.9 Å². The SMILES string of the molecule is COC(=O)Cc1nc2ccccc2n([C@H]2C[C@H]3CCC[C@@H](C2)N3C2CC3CCCC(C3)C2)c1=O. The summed E-state index contributed by atoms with van der Waals surface area (Å²) >= 11 is 0. The van der Waals surface area contributed by atoms with Gasteiger partial charge in [0.1, 0.15) is 5.69 Å². The molecule has 6 rings (SSSR count). The van der Waals surface area contributed by atoms with Crippen molar-refractivity contribution >= 4 is 17.0 Å². The number of hydrogen-bond donors (Lipinski definition) is 0. The molecule has 3 heterocycles. The van der Waals surface area contributed by atoms with Crippen LogP contribution in [-0.2, 0) is 16.0 Å². The standard InChI is InChI=1S/C28H37N3O3/c1-34-27(32)17-25-28(33)31(26-11-3-2-10-24(26)29-25)23-15-20-8-5-9-21(16-23)30(20)22-13-18-6-4-7-19(12-18)14-22/h2-3,10-11,18-23H,4-9,12-17H2,1H3/t18?,19?,20-,21+,22?,23+. The first-order valence-corrected chi connectivity index (χ1v) is 13.4. The van der Waals surface area contributed by atoms with E-state index in [1.165, 1.54) is 64.9 Å². The van der Waals surface area contributed by atoms with Gasteiger partial charge in [-0.3, -0.25) is 14.5 Å². The maximum atomic E-state index is 13.6. The number of para-hydroxylation sites is 2. The molecular formula is C28H37N3O3. The summed E-state index contributed by atoms with van der Waals surface area (Å²) in [6.07, 6.45) is 14.3. The Kier molecular flexibility index (Phi) is 5.96. The third-order valence-electron chi connectivity index (χ3n) is 9.30. The Labute approximate surface area is 201 Å². The number of fused-ring (bicyclic) bond motifs is 5. The molecule has 0 radical (unpaired) electrons. The van der Waals surface area contributed by atoms with E-state index in [1.807, 2.05) is 28.8 Å². The number of hydrogen-bond acceptors (Lipinski definition) is 5. The van der Waals surface area contributed by atoms with Crippen LogP contribution in [0.1, 0.15) is 82.4 Å². The minimum atomic E-state index is -0.416. The molecule has 2 unspecified atom stereocenters. The van der Waals surface area contributed by atoms with Crippen molar-refractivity contribution in [1.82, 2.24) is 14.5 Å². The lowest BCUT2D eigenvalue weighted by molar-refractivity contribution is -0.139. The lowest BCUT2D eigenvalue weighted by Crippen LogP contribution is -2.58. The van der Waals surface area contributed by atoms with E-state index in [-0.39, 0.29) is 18.0 Å². The van der Waals surface area contributed by atoms with Crippen LogP contribution in [0.4, 0.5) is 0 Å². The predicted molar refractivity (Wildman–Crippen MR) is 132 cm³/mol. The van der Waals surface area contributed by atoms with Crippen molar-refractivity contribution in [3.63, 3.8) is 0 Å². The number of aromatic nitrogens is 2. The number of methoxy groups -OCH3 is 1. The van der Waals surface area contributed by atoms with Crippen molar-refractivity contribution in [3.05, 3.63) is 40.3 Å². The summed E-state index contributed by atoms with van der Waals surface area (Å²) in [7, 11) is 1.36. The van der Waals surface area contributed by atoms with Gasteiger partial charge in [-0.25, -0.2) is 4.98 Å². The van der Waals surface area contributed by atoms with Crippen LogP contribution in [0.15, 0.2) is 29.1 Å². The van der Waals surface area contributed by atoms with E-state index in [0.29, 0.717) is 17.8 Å². The second-order valence-corrected chi connectivity index (χ2v) is 11.3. The minimum absolute atomic E-state index is 0.0727. The van der Waals surface area contributed by atoms with Gasteiger partial charge in [-0.15, -0.1) is 0 Å². The van der Waals surface area contributed by atoms with Gasteiger partial charge >= 0.3 is 5.97 Å². The zero-order chi connectivity index (χ0) is 23.2. The van der Waals surface area contributed by atoms with Crippen LogP contribution < -0.4 is 5.56 Å². The van der Waals surface area contributed by atoms with Gasteiger partial charge in [0.15, 0.2) is 0 Å². The van der Waals surface area contributed by atoms with Crippen LogP contribution in [0.2, 0.25) is 0 Å². The van der Waals surface area contributed by atoms with E-state index in [4.69, 9.17) is 4.74 Å². The highest BCUT2D eigenvalue weighted by Crippen LogP contribution is 2.47. The third-order valence-corrected chi connectivity index (χ3v) is 9.30. The van der Waals surface area contributed by atoms with E-state index in [0.717, 1.165) is 41.8 Å². The van der Waals surface area contributed by atoms with Crippen LogP contribution in [0.5, 0.6) is 0 Å². The molecule has 5 atom stereocenters. The van der Waals surface area contributed by atoms with Crippen molar-refractivity contribution in [3.8, 4) is 0 Å². The highest BCUT2D eigenvalue weighted by molar-refractivity contribution is 5.77. The molecular weight excluding hydrogens is 426 g/mol. The Morgan fingerprint density at radius 3 is 2.29 bits per heavy atom. The number of nitrogens with zero attached hydrogens (tertiary/aromatic N) is 3. The number of carbonyl (C=O) groups is 1. The number of ether oxygens (including phenoxy) is 1. The van der Waals surface area contributed by atoms with E-state index in [2.05, 4.69) is 9.88 Å². The largest absolute Gasteiger partial charge is 0.469 e. The first-order valence-electron chi connectivity index (χ1n) is 13.4. The molecule has 6 nitrogen and oxygen atoms in total. The topological polar surface area (TPSA) is 64.4 Å². The summed E-state index contributed by atoms with van der Waals surface area (Å²) in [5, 5.41) is 0.